The first-order valence-corrected chi connectivity index (χ1v) is 12.5. The van der Waals surface area contributed by atoms with Gasteiger partial charge < -0.3 is 19.1 Å². The highest BCUT2D eigenvalue weighted by Gasteiger charge is 2.32. The number of hydrogen-bond acceptors (Lipinski definition) is 6. The zero-order chi connectivity index (χ0) is 26.2. The fourth-order valence-electron chi connectivity index (χ4n) is 4.64. The first-order valence-electron chi connectivity index (χ1n) is 12.5. The predicted molar refractivity (Wildman–Crippen MR) is 142 cm³/mol. The number of likely N-dealkylation sites (tertiary alicyclic amines) is 1. The molecule has 2 aromatic carbocycles. The molecule has 1 aromatic heterocycles. The van der Waals surface area contributed by atoms with Crippen molar-refractivity contribution in [1.29, 1.82) is 0 Å². The molecule has 8 heteroatoms. The summed E-state index contributed by atoms with van der Waals surface area (Å²) in [6.45, 7) is 6.88. The second-order valence-corrected chi connectivity index (χ2v) is 10.3. The first kappa shape index (κ1) is 24.6. The lowest BCUT2D eigenvalue weighted by molar-refractivity contribution is 0.0197. The number of aromatic amines is 1. The van der Waals surface area contributed by atoms with Crippen molar-refractivity contribution in [2.75, 3.05) is 20.2 Å². The van der Waals surface area contributed by atoms with E-state index >= 15 is 0 Å². The summed E-state index contributed by atoms with van der Waals surface area (Å²) in [6, 6.07) is 11.3. The highest BCUT2D eigenvalue weighted by atomic mass is 16.6. The van der Waals surface area contributed by atoms with Gasteiger partial charge in [-0.1, -0.05) is 30.4 Å². The quantitative estimate of drug-likeness (QED) is 0.451. The van der Waals surface area contributed by atoms with Crippen LogP contribution in [0.5, 0.6) is 11.5 Å². The molecule has 2 aliphatic heterocycles. The lowest BCUT2D eigenvalue weighted by atomic mass is 9.95. The summed E-state index contributed by atoms with van der Waals surface area (Å²) in [4.78, 5) is 27.3. The van der Waals surface area contributed by atoms with Crippen molar-refractivity contribution in [1.82, 2.24) is 15.1 Å². The fourth-order valence-corrected chi connectivity index (χ4v) is 4.64. The Morgan fingerprint density at radius 3 is 2.65 bits per heavy atom. The van der Waals surface area contributed by atoms with E-state index in [1.807, 2.05) is 51.1 Å². The lowest BCUT2D eigenvalue weighted by Gasteiger charge is -2.32. The van der Waals surface area contributed by atoms with Gasteiger partial charge in [0.05, 0.1) is 29.4 Å². The maximum Gasteiger partial charge on any atom is 0.410 e. The van der Waals surface area contributed by atoms with E-state index in [2.05, 4.69) is 16.3 Å². The summed E-state index contributed by atoms with van der Waals surface area (Å²) in [5, 5.41) is 8.23. The fraction of sp³-hybridized carbons (Fsp3) is 0.345. The van der Waals surface area contributed by atoms with Crippen LogP contribution in [0.3, 0.4) is 0 Å². The van der Waals surface area contributed by atoms with Crippen molar-refractivity contribution < 1.29 is 23.8 Å². The third kappa shape index (κ3) is 5.09. The maximum atomic E-state index is 13.2. The number of aromatic nitrogens is 2. The Labute approximate surface area is 215 Å². The number of para-hydroxylation sites is 1. The predicted octanol–water partition coefficient (Wildman–Crippen LogP) is 5.85. The Hall–Kier alpha value is -4.07. The summed E-state index contributed by atoms with van der Waals surface area (Å²) < 4.78 is 17.2. The number of rotatable bonds is 4. The molecular formula is C29H31N3O5. The molecule has 1 N–H and O–H groups in total. The van der Waals surface area contributed by atoms with Gasteiger partial charge in [-0.25, -0.2) is 4.79 Å². The number of nitrogens with zero attached hydrogens (tertiary/aromatic N) is 2. The molecule has 3 heterocycles. The number of ether oxygens (including phenoxy) is 3. The van der Waals surface area contributed by atoms with Crippen LogP contribution >= 0.6 is 0 Å². The van der Waals surface area contributed by atoms with Crippen molar-refractivity contribution in [3.63, 3.8) is 0 Å². The Bertz CT molecular complexity index is 1400. The molecule has 0 radical (unpaired) electrons. The van der Waals surface area contributed by atoms with Gasteiger partial charge >= 0.3 is 6.09 Å². The van der Waals surface area contributed by atoms with Gasteiger partial charge in [-0.05, 0) is 57.7 Å². The van der Waals surface area contributed by atoms with Gasteiger partial charge in [0.25, 0.3) is 0 Å². The molecule has 8 nitrogen and oxygen atoms in total. The number of ketones is 1. The minimum Gasteiger partial charge on any atom is -0.496 e. The van der Waals surface area contributed by atoms with Crippen LogP contribution in [0.1, 0.15) is 55.2 Å². The second-order valence-electron chi connectivity index (χ2n) is 10.3. The van der Waals surface area contributed by atoms with Crippen LogP contribution in [0.15, 0.2) is 48.2 Å². The molecule has 0 spiro atoms. The molecule has 37 heavy (non-hydrogen) atoms. The van der Waals surface area contributed by atoms with E-state index in [1.165, 1.54) is 0 Å². The number of fused-ring (bicyclic) bond motifs is 2. The average molecular weight is 502 g/mol. The van der Waals surface area contributed by atoms with Gasteiger partial charge in [0.15, 0.2) is 5.76 Å². The second kappa shape index (κ2) is 9.76. The lowest BCUT2D eigenvalue weighted by Crippen LogP contribution is -2.41. The minimum absolute atomic E-state index is 0.190. The number of Topliss-reactive ketones (excluding diaryl/α,β-unsaturated/α-hetero) is 1. The van der Waals surface area contributed by atoms with E-state index in [1.54, 1.807) is 30.2 Å². The highest BCUT2D eigenvalue weighted by molar-refractivity contribution is 6.15. The molecule has 0 bridgehead atoms. The van der Waals surface area contributed by atoms with Crippen LogP contribution < -0.4 is 9.47 Å². The third-order valence-corrected chi connectivity index (χ3v) is 6.55. The number of allylic oxidation sites excluding steroid dienone is 2. The summed E-state index contributed by atoms with van der Waals surface area (Å²) in [5.41, 5.74) is 2.24. The summed E-state index contributed by atoms with van der Waals surface area (Å²) in [7, 11) is 1.60. The van der Waals surface area contributed by atoms with Crippen LogP contribution in [-0.4, -0.2) is 52.8 Å². The largest absolute Gasteiger partial charge is 0.496 e. The average Bonchev–Trinajstić information content (AvgIpc) is 3.43. The molecule has 5 rings (SSSR count). The van der Waals surface area contributed by atoms with Crippen molar-refractivity contribution in [2.45, 2.75) is 39.2 Å². The van der Waals surface area contributed by atoms with E-state index in [0.29, 0.717) is 35.8 Å². The number of carbonyl (C=O) groups is 2. The summed E-state index contributed by atoms with van der Waals surface area (Å²) >= 11 is 0. The molecular weight excluding hydrogens is 470 g/mol. The zero-order valence-electron chi connectivity index (χ0n) is 21.5. The molecule has 0 atom stereocenters. The van der Waals surface area contributed by atoms with Crippen molar-refractivity contribution in [3.05, 3.63) is 65.1 Å². The Morgan fingerprint density at radius 2 is 1.92 bits per heavy atom. The summed E-state index contributed by atoms with van der Waals surface area (Å²) in [6.07, 6.45) is 7.13. The number of nitrogens with one attached hydrogen (secondary N) is 1. The third-order valence-electron chi connectivity index (χ3n) is 6.55. The van der Waals surface area contributed by atoms with Gasteiger partial charge in [0, 0.05) is 24.6 Å². The summed E-state index contributed by atoms with van der Waals surface area (Å²) in [5.74, 6) is 1.42. The molecule has 3 aromatic rings. The zero-order valence-corrected chi connectivity index (χ0v) is 21.5. The van der Waals surface area contributed by atoms with Gasteiger partial charge in [-0.15, -0.1) is 0 Å². The molecule has 0 aliphatic carbocycles. The number of hydrogen-bond donors (Lipinski definition) is 1. The number of piperidine rings is 1. The van der Waals surface area contributed by atoms with E-state index in [0.717, 1.165) is 29.3 Å². The highest BCUT2D eigenvalue weighted by Crippen LogP contribution is 2.41. The van der Waals surface area contributed by atoms with Crippen LogP contribution in [0.2, 0.25) is 0 Å². The van der Waals surface area contributed by atoms with Crippen LogP contribution in [0, 0.1) is 5.92 Å². The van der Waals surface area contributed by atoms with E-state index in [9.17, 15) is 9.59 Å². The maximum absolute atomic E-state index is 13.2. The topological polar surface area (TPSA) is 93.8 Å². The molecule has 2 aliphatic rings. The van der Waals surface area contributed by atoms with E-state index in [4.69, 9.17) is 14.2 Å². The Morgan fingerprint density at radius 1 is 1.16 bits per heavy atom. The monoisotopic (exact) mass is 501 g/mol. The van der Waals surface area contributed by atoms with E-state index in [-0.39, 0.29) is 23.6 Å². The number of methoxy groups -OCH3 is 1. The molecule has 192 valence electrons. The van der Waals surface area contributed by atoms with Gasteiger partial charge in [-0.2, -0.15) is 5.10 Å². The normalized spacial score (nSPS) is 17.5. The smallest absolute Gasteiger partial charge is 0.410 e. The molecule has 0 unspecified atom stereocenters. The number of H-pyrrole nitrogens is 1. The molecule has 0 saturated carbocycles. The van der Waals surface area contributed by atoms with Crippen LogP contribution in [0.25, 0.3) is 23.1 Å². The van der Waals surface area contributed by atoms with E-state index < -0.39 is 5.60 Å². The number of benzene rings is 2. The van der Waals surface area contributed by atoms with Gasteiger partial charge in [-0.3, -0.25) is 9.89 Å². The number of carbonyl (C=O) groups excluding carboxylic acids is 2. The Kier molecular flexibility index (Phi) is 6.50. The number of amides is 1. The van der Waals surface area contributed by atoms with Crippen molar-refractivity contribution in [3.8, 4) is 11.5 Å². The van der Waals surface area contributed by atoms with Crippen molar-refractivity contribution >= 4 is 34.9 Å². The van der Waals surface area contributed by atoms with Crippen molar-refractivity contribution in [2.24, 2.45) is 5.92 Å². The van der Waals surface area contributed by atoms with Gasteiger partial charge in [0.1, 0.15) is 17.1 Å². The minimum atomic E-state index is -0.507. The first-order chi connectivity index (χ1) is 17.7. The molecule has 1 saturated heterocycles. The van der Waals surface area contributed by atoms with Crippen LogP contribution in [0.4, 0.5) is 4.79 Å². The van der Waals surface area contributed by atoms with Gasteiger partial charge in [0.2, 0.25) is 5.78 Å². The SMILES string of the molecule is COc1ccc2c(c1C=CC1CCN(C(=O)OC(C)(C)C)CC1)O/C(=C\c1n[nH]c3ccccc13)C2=O. The molecule has 1 amide bonds. The standard InChI is InChI=1S/C29H31N3O5/c1-29(2,3)37-28(34)32-15-13-18(14-16-32)9-10-20-24(35-4)12-11-21-26(33)25(36-27(20)21)17-23-19-7-5-6-8-22(19)30-31-23/h5-12,17-18H,13-16H2,1-4H3,(H,30,31)/b10-9?,25-17-. The molecule has 1 fully saturated rings. The van der Waals surface area contributed by atoms with Crippen LogP contribution in [-0.2, 0) is 4.74 Å². The Balaban J connectivity index is 1.34.